The third kappa shape index (κ3) is 5.82. The van der Waals surface area contributed by atoms with Gasteiger partial charge >= 0.3 is 5.97 Å². The van der Waals surface area contributed by atoms with Gasteiger partial charge in [-0.2, -0.15) is 0 Å². The van der Waals surface area contributed by atoms with Crippen molar-refractivity contribution in [3.8, 4) is 0 Å². The van der Waals surface area contributed by atoms with E-state index in [-0.39, 0.29) is 16.8 Å². The molecule has 0 atom stereocenters. The number of ether oxygens (including phenoxy) is 2. The van der Waals surface area contributed by atoms with Crippen molar-refractivity contribution in [3.63, 3.8) is 0 Å². The molecule has 140 valence electrons. The van der Waals surface area contributed by atoms with Crippen LogP contribution in [0.3, 0.4) is 0 Å². The van der Waals surface area contributed by atoms with E-state index in [0.717, 1.165) is 32.8 Å². The number of benzene rings is 1. The van der Waals surface area contributed by atoms with Gasteiger partial charge in [-0.25, -0.2) is 4.79 Å². The zero-order chi connectivity index (χ0) is 18.7. The van der Waals surface area contributed by atoms with Gasteiger partial charge < -0.3 is 14.4 Å². The smallest absolute Gasteiger partial charge is 0.338 e. The average molecular weight is 349 g/mol. The highest BCUT2D eigenvalue weighted by Crippen LogP contribution is 2.30. The standard InChI is InChI=1S/C21H33NO3/c1-20(2,3)17-13-16(14-18(15-17)21(4,5)6)19(23)25-12-9-22-7-10-24-11-8-22/h13-15H,7-12H2,1-6H3/p+1. The minimum Gasteiger partial charge on any atom is -0.456 e. The molecule has 4 heteroatoms. The van der Waals surface area contributed by atoms with Crippen molar-refractivity contribution in [2.75, 3.05) is 39.5 Å². The fourth-order valence-corrected chi connectivity index (χ4v) is 2.89. The maximum absolute atomic E-state index is 12.6. The maximum atomic E-state index is 12.6. The normalized spacial score (nSPS) is 16.7. The van der Waals surface area contributed by atoms with Gasteiger partial charge in [-0.3, -0.25) is 0 Å². The van der Waals surface area contributed by atoms with Crippen LogP contribution < -0.4 is 4.90 Å². The van der Waals surface area contributed by atoms with E-state index in [4.69, 9.17) is 9.47 Å². The summed E-state index contributed by atoms with van der Waals surface area (Å²) in [5.74, 6) is -0.218. The van der Waals surface area contributed by atoms with Gasteiger partial charge in [-0.05, 0) is 34.1 Å². The molecule has 1 saturated heterocycles. The summed E-state index contributed by atoms with van der Waals surface area (Å²) in [5, 5.41) is 0. The molecule has 2 rings (SSSR count). The number of carbonyl (C=O) groups is 1. The molecule has 1 heterocycles. The molecule has 1 aromatic rings. The molecule has 0 spiro atoms. The lowest BCUT2D eigenvalue weighted by Gasteiger charge is -2.26. The summed E-state index contributed by atoms with van der Waals surface area (Å²) < 4.78 is 10.9. The lowest BCUT2D eigenvalue weighted by molar-refractivity contribution is -0.908. The number of hydrogen-bond donors (Lipinski definition) is 1. The van der Waals surface area contributed by atoms with Crippen LogP contribution >= 0.6 is 0 Å². The largest absolute Gasteiger partial charge is 0.456 e. The van der Waals surface area contributed by atoms with Gasteiger partial charge in [0.05, 0.1) is 18.8 Å². The second kappa shape index (κ2) is 7.88. The third-order valence-corrected chi connectivity index (χ3v) is 4.79. The minimum absolute atomic E-state index is 0.00572. The Morgan fingerprint density at radius 2 is 1.52 bits per heavy atom. The van der Waals surface area contributed by atoms with Crippen LogP contribution in [0.1, 0.15) is 63.0 Å². The Hall–Kier alpha value is -1.39. The number of quaternary nitrogens is 1. The zero-order valence-electron chi connectivity index (χ0n) is 16.7. The predicted molar refractivity (Wildman–Crippen MR) is 101 cm³/mol. The van der Waals surface area contributed by atoms with Gasteiger partial charge in [-0.15, -0.1) is 0 Å². The van der Waals surface area contributed by atoms with Gasteiger partial charge in [0.1, 0.15) is 26.2 Å². The SMILES string of the molecule is CC(C)(C)c1cc(C(=O)OCC[NH+]2CCOCC2)cc(C(C)(C)C)c1. The summed E-state index contributed by atoms with van der Waals surface area (Å²) in [4.78, 5) is 14.0. The van der Waals surface area contributed by atoms with E-state index in [1.165, 1.54) is 16.0 Å². The van der Waals surface area contributed by atoms with Crippen molar-refractivity contribution in [2.45, 2.75) is 52.4 Å². The maximum Gasteiger partial charge on any atom is 0.338 e. The quantitative estimate of drug-likeness (QED) is 0.849. The van der Waals surface area contributed by atoms with Gasteiger partial charge in [-0.1, -0.05) is 47.6 Å². The van der Waals surface area contributed by atoms with Crippen molar-refractivity contribution >= 4 is 5.97 Å². The first-order chi connectivity index (χ1) is 11.6. The van der Waals surface area contributed by atoms with E-state index >= 15 is 0 Å². The van der Waals surface area contributed by atoms with E-state index in [1.54, 1.807) is 0 Å². The molecule has 25 heavy (non-hydrogen) atoms. The molecule has 1 aliphatic heterocycles. The Labute approximate surface area is 152 Å². The van der Waals surface area contributed by atoms with Crippen LogP contribution in [-0.2, 0) is 20.3 Å². The van der Waals surface area contributed by atoms with Crippen LogP contribution in [0.15, 0.2) is 18.2 Å². The lowest BCUT2D eigenvalue weighted by atomic mass is 9.79. The first-order valence-electron chi connectivity index (χ1n) is 9.32. The molecule has 1 N–H and O–H groups in total. The van der Waals surface area contributed by atoms with E-state index in [1.807, 2.05) is 12.1 Å². The molecule has 0 saturated carbocycles. The third-order valence-electron chi connectivity index (χ3n) is 4.79. The molecule has 4 nitrogen and oxygen atoms in total. The Balaban J connectivity index is 2.09. The molecule has 0 aliphatic carbocycles. The van der Waals surface area contributed by atoms with Crippen LogP contribution in [0.5, 0.6) is 0 Å². The topological polar surface area (TPSA) is 40.0 Å². The Morgan fingerprint density at radius 3 is 2.00 bits per heavy atom. The number of rotatable bonds is 4. The second-order valence-corrected chi connectivity index (χ2v) is 9.05. The van der Waals surface area contributed by atoms with Gasteiger partial charge in [0.2, 0.25) is 0 Å². The van der Waals surface area contributed by atoms with Crippen molar-refractivity contribution in [2.24, 2.45) is 0 Å². The van der Waals surface area contributed by atoms with Crippen LogP contribution in [0.4, 0.5) is 0 Å². The summed E-state index contributed by atoms with van der Waals surface area (Å²) in [7, 11) is 0. The van der Waals surface area contributed by atoms with Crippen LogP contribution in [0.25, 0.3) is 0 Å². The summed E-state index contributed by atoms with van der Waals surface area (Å²) in [6.07, 6.45) is 0. The van der Waals surface area contributed by atoms with Gasteiger partial charge in [0.15, 0.2) is 0 Å². The van der Waals surface area contributed by atoms with E-state index in [2.05, 4.69) is 47.6 Å². The first kappa shape index (κ1) is 19.9. The van der Waals surface area contributed by atoms with E-state index < -0.39 is 0 Å². The van der Waals surface area contributed by atoms with Gasteiger partial charge in [0, 0.05) is 0 Å². The van der Waals surface area contributed by atoms with E-state index in [0.29, 0.717) is 12.2 Å². The molecule has 1 aromatic carbocycles. The molecule has 0 amide bonds. The first-order valence-corrected chi connectivity index (χ1v) is 9.32. The fourth-order valence-electron chi connectivity index (χ4n) is 2.89. The number of carbonyl (C=O) groups excluding carboxylic acids is 1. The molecular formula is C21H34NO3+. The highest BCUT2D eigenvalue weighted by Gasteiger charge is 2.23. The van der Waals surface area contributed by atoms with Crippen molar-refractivity contribution < 1.29 is 19.2 Å². The Morgan fingerprint density at radius 1 is 1.00 bits per heavy atom. The highest BCUT2D eigenvalue weighted by atomic mass is 16.5. The van der Waals surface area contributed by atoms with Gasteiger partial charge in [0.25, 0.3) is 0 Å². The fraction of sp³-hybridized carbons (Fsp3) is 0.667. The van der Waals surface area contributed by atoms with Crippen LogP contribution in [-0.4, -0.2) is 45.4 Å². The van der Waals surface area contributed by atoms with Crippen LogP contribution in [0.2, 0.25) is 0 Å². The summed E-state index contributed by atoms with van der Waals surface area (Å²) in [6, 6.07) is 6.19. The monoisotopic (exact) mass is 348 g/mol. The van der Waals surface area contributed by atoms with Crippen LogP contribution in [0, 0.1) is 0 Å². The average Bonchev–Trinajstić information content (AvgIpc) is 2.53. The molecule has 0 bridgehead atoms. The Kier molecular flexibility index (Phi) is 6.28. The van der Waals surface area contributed by atoms with Crippen molar-refractivity contribution in [1.82, 2.24) is 0 Å². The second-order valence-electron chi connectivity index (χ2n) is 9.05. The van der Waals surface area contributed by atoms with E-state index in [9.17, 15) is 4.79 Å². The highest BCUT2D eigenvalue weighted by molar-refractivity contribution is 5.90. The molecule has 1 fully saturated rings. The number of morpholine rings is 1. The summed E-state index contributed by atoms with van der Waals surface area (Å²) in [5.41, 5.74) is 2.99. The zero-order valence-corrected chi connectivity index (χ0v) is 16.7. The molecule has 0 unspecified atom stereocenters. The molecule has 0 radical (unpaired) electrons. The Bertz CT molecular complexity index is 558. The predicted octanol–water partition coefficient (Wildman–Crippen LogP) is 2.35. The summed E-state index contributed by atoms with van der Waals surface area (Å²) in [6.45, 7) is 17.9. The lowest BCUT2D eigenvalue weighted by Crippen LogP contribution is -3.14. The number of hydrogen-bond acceptors (Lipinski definition) is 3. The molecular weight excluding hydrogens is 314 g/mol. The van der Waals surface area contributed by atoms with Crippen molar-refractivity contribution in [3.05, 3.63) is 34.9 Å². The molecule has 0 aromatic heterocycles. The van der Waals surface area contributed by atoms with Crippen molar-refractivity contribution in [1.29, 1.82) is 0 Å². The summed E-state index contributed by atoms with van der Waals surface area (Å²) >= 11 is 0. The number of esters is 1. The minimum atomic E-state index is -0.218. The molecule has 1 aliphatic rings. The number of nitrogens with one attached hydrogen (secondary N) is 1.